The maximum atomic E-state index is 10.2. The molecule has 0 aromatic carbocycles. The molecule has 2 nitrogen and oxygen atoms in total. The molecule has 0 aliphatic heterocycles. The zero-order chi connectivity index (χ0) is 20.4. The van der Waals surface area contributed by atoms with Gasteiger partial charge in [-0.25, -0.2) is 0 Å². The molecule has 0 radical (unpaired) electrons. The Morgan fingerprint density at radius 1 is 0.560 bits per heavy atom. The van der Waals surface area contributed by atoms with Gasteiger partial charge in [0, 0.05) is 0 Å². The average molecular weight is 361 g/mol. The minimum Gasteiger partial charge on any atom is -0.390 e. The van der Waals surface area contributed by atoms with Crippen molar-refractivity contribution in [2.24, 2.45) is 21.7 Å². The standard InChI is InChI=1S/2C11H24O.CH4/c1-9(2,3)8-11(7,12)10(4,5)6;1-8-11(7,12)10(5,6)9(2,3)4;/h2*12H,8H2,1-7H3;1H4. The molecule has 0 rings (SSSR count). The summed E-state index contributed by atoms with van der Waals surface area (Å²) >= 11 is 0. The zero-order valence-corrected chi connectivity index (χ0v) is 19.3. The highest BCUT2D eigenvalue weighted by Crippen LogP contribution is 2.47. The van der Waals surface area contributed by atoms with Crippen molar-refractivity contribution in [3.05, 3.63) is 0 Å². The first-order chi connectivity index (χ1) is 10.0. The van der Waals surface area contributed by atoms with E-state index < -0.39 is 11.2 Å². The van der Waals surface area contributed by atoms with Crippen molar-refractivity contribution in [2.45, 2.75) is 128 Å². The first kappa shape index (κ1) is 29.7. The molecular weight excluding hydrogens is 308 g/mol. The molecule has 0 aliphatic carbocycles. The average Bonchev–Trinajstić information content (AvgIpc) is 2.23. The van der Waals surface area contributed by atoms with E-state index >= 15 is 0 Å². The third-order valence-corrected chi connectivity index (χ3v) is 6.40. The van der Waals surface area contributed by atoms with Gasteiger partial charge in [0.05, 0.1) is 11.2 Å². The minimum atomic E-state index is -0.578. The van der Waals surface area contributed by atoms with Crippen LogP contribution in [0.5, 0.6) is 0 Å². The van der Waals surface area contributed by atoms with Crippen LogP contribution in [0.25, 0.3) is 0 Å². The van der Waals surface area contributed by atoms with Crippen LogP contribution >= 0.6 is 0 Å². The van der Waals surface area contributed by atoms with Crippen LogP contribution in [0, 0.1) is 21.7 Å². The van der Waals surface area contributed by atoms with Crippen LogP contribution in [0.4, 0.5) is 0 Å². The van der Waals surface area contributed by atoms with Gasteiger partial charge in [-0.3, -0.25) is 0 Å². The van der Waals surface area contributed by atoms with Gasteiger partial charge in [-0.05, 0) is 48.3 Å². The second-order valence-corrected chi connectivity index (χ2v) is 11.8. The predicted molar refractivity (Wildman–Crippen MR) is 115 cm³/mol. The quantitative estimate of drug-likeness (QED) is 0.564. The van der Waals surface area contributed by atoms with Crippen LogP contribution in [0.3, 0.4) is 0 Å². The molecule has 0 spiro atoms. The van der Waals surface area contributed by atoms with E-state index in [0.717, 1.165) is 12.8 Å². The Hall–Kier alpha value is -0.0800. The largest absolute Gasteiger partial charge is 0.390 e. The Kier molecular flexibility index (Phi) is 10.4. The van der Waals surface area contributed by atoms with Crippen LogP contribution in [0.2, 0.25) is 0 Å². The number of hydrogen-bond donors (Lipinski definition) is 2. The van der Waals surface area contributed by atoms with Gasteiger partial charge >= 0.3 is 0 Å². The fourth-order valence-corrected chi connectivity index (χ4v) is 2.55. The van der Waals surface area contributed by atoms with Crippen LogP contribution in [-0.4, -0.2) is 21.4 Å². The Bertz CT molecular complexity index is 366. The van der Waals surface area contributed by atoms with Crippen molar-refractivity contribution < 1.29 is 10.2 Å². The second kappa shape index (κ2) is 8.74. The second-order valence-electron chi connectivity index (χ2n) is 11.8. The van der Waals surface area contributed by atoms with Crippen molar-refractivity contribution in [1.29, 1.82) is 0 Å². The fourth-order valence-electron chi connectivity index (χ4n) is 2.55. The maximum Gasteiger partial charge on any atom is 0.0672 e. The van der Waals surface area contributed by atoms with Gasteiger partial charge < -0.3 is 10.2 Å². The smallest absolute Gasteiger partial charge is 0.0672 e. The molecular formula is C23H52O2. The third-order valence-electron chi connectivity index (χ3n) is 6.40. The topological polar surface area (TPSA) is 40.5 Å². The Morgan fingerprint density at radius 2 is 0.880 bits per heavy atom. The lowest BCUT2D eigenvalue weighted by molar-refractivity contribution is -0.109. The first-order valence-corrected chi connectivity index (χ1v) is 9.46. The fraction of sp³-hybridized carbons (Fsp3) is 1.00. The first-order valence-electron chi connectivity index (χ1n) is 9.46. The highest BCUT2D eigenvalue weighted by molar-refractivity contribution is 4.96. The summed E-state index contributed by atoms with van der Waals surface area (Å²) in [5, 5.41) is 20.4. The SMILES string of the molecule is C.CC(C)(C)CC(C)(O)C(C)(C)C.CCC(C)(O)C(C)(C)C(C)(C)C. The lowest BCUT2D eigenvalue weighted by atomic mass is 9.59. The number of hydrogen-bond acceptors (Lipinski definition) is 2. The molecule has 2 unspecified atom stereocenters. The van der Waals surface area contributed by atoms with E-state index in [1.165, 1.54) is 0 Å². The Morgan fingerprint density at radius 3 is 0.960 bits per heavy atom. The molecule has 0 saturated heterocycles. The molecule has 0 saturated carbocycles. The highest BCUT2D eigenvalue weighted by Gasteiger charge is 2.46. The van der Waals surface area contributed by atoms with Gasteiger partial charge in [0.25, 0.3) is 0 Å². The summed E-state index contributed by atoms with van der Waals surface area (Å²) in [6.45, 7) is 29.4. The number of aliphatic hydroxyl groups is 2. The molecule has 0 bridgehead atoms. The van der Waals surface area contributed by atoms with Gasteiger partial charge in [-0.15, -0.1) is 0 Å². The van der Waals surface area contributed by atoms with E-state index in [1.807, 2.05) is 20.8 Å². The summed E-state index contributed by atoms with van der Waals surface area (Å²) in [5.74, 6) is 0. The zero-order valence-electron chi connectivity index (χ0n) is 19.3. The summed E-state index contributed by atoms with van der Waals surface area (Å²) < 4.78 is 0. The van der Waals surface area contributed by atoms with Crippen molar-refractivity contribution in [2.75, 3.05) is 0 Å². The van der Waals surface area contributed by atoms with Gasteiger partial charge in [0.2, 0.25) is 0 Å². The van der Waals surface area contributed by atoms with Gasteiger partial charge in [-0.1, -0.05) is 90.5 Å². The summed E-state index contributed by atoms with van der Waals surface area (Å²) in [6.07, 6.45) is 1.64. The van der Waals surface area contributed by atoms with E-state index in [1.54, 1.807) is 0 Å². The summed E-state index contributed by atoms with van der Waals surface area (Å²) in [6, 6.07) is 0. The molecule has 0 aromatic heterocycles. The summed E-state index contributed by atoms with van der Waals surface area (Å²) in [7, 11) is 0. The lowest BCUT2D eigenvalue weighted by Crippen LogP contribution is -2.49. The minimum absolute atomic E-state index is 0. The van der Waals surface area contributed by atoms with Crippen molar-refractivity contribution >= 4 is 0 Å². The van der Waals surface area contributed by atoms with Crippen molar-refractivity contribution in [3.63, 3.8) is 0 Å². The van der Waals surface area contributed by atoms with Crippen molar-refractivity contribution in [1.82, 2.24) is 0 Å². The van der Waals surface area contributed by atoms with Gasteiger partial charge in [0.1, 0.15) is 0 Å². The number of rotatable bonds is 3. The van der Waals surface area contributed by atoms with Crippen LogP contribution in [0.1, 0.15) is 117 Å². The van der Waals surface area contributed by atoms with E-state index in [4.69, 9.17) is 0 Å². The van der Waals surface area contributed by atoms with Crippen molar-refractivity contribution in [3.8, 4) is 0 Å². The monoisotopic (exact) mass is 360 g/mol. The van der Waals surface area contributed by atoms with E-state index in [9.17, 15) is 10.2 Å². The third kappa shape index (κ3) is 8.91. The van der Waals surface area contributed by atoms with Crippen LogP contribution in [-0.2, 0) is 0 Å². The lowest BCUT2D eigenvalue weighted by Gasteiger charge is -2.49. The predicted octanol–water partition coefficient (Wildman–Crippen LogP) is 7.08. The van der Waals surface area contributed by atoms with Crippen LogP contribution in [0.15, 0.2) is 0 Å². The molecule has 0 amide bonds. The molecule has 2 heteroatoms. The van der Waals surface area contributed by atoms with E-state index in [0.29, 0.717) is 0 Å². The molecule has 0 aromatic rings. The molecule has 0 aliphatic rings. The molecule has 2 N–H and O–H groups in total. The van der Waals surface area contributed by atoms with E-state index in [2.05, 4.69) is 76.2 Å². The van der Waals surface area contributed by atoms with E-state index in [-0.39, 0.29) is 29.1 Å². The molecule has 2 atom stereocenters. The van der Waals surface area contributed by atoms with Gasteiger partial charge in [0.15, 0.2) is 0 Å². The Labute approximate surface area is 160 Å². The highest BCUT2D eigenvalue weighted by atomic mass is 16.3. The van der Waals surface area contributed by atoms with Gasteiger partial charge in [-0.2, -0.15) is 0 Å². The van der Waals surface area contributed by atoms with Crippen LogP contribution < -0.4 is 0 Å². The molecule has 25 heavy (non-hydrogen) atoms. The Balaban J connectivity index is -0.000000372. The summed E-state index contributed by atoms with van der Waals surface area (Å²) in [5.41, 5.74) is -0.936. The molecule has 156 valence electrons. The normalized spacial score (nSPS) is 18.2. The summed E-state index contributed by atoms with van der Waals surface area (Å²) in [4.78, 5) is 0. The molecule has 0 fully saturated rings. The molecule has 0 heterocycles. The maximum absolute atomic E-state index is 10.2.